The van der Waals surface area contributed by atoms with E-state index in [2.05, 4.69) is 34.8 Å². The van der Waals surface area contributed by atoms with Crippen LogP contribution in [0.3, 0.4) is 0 Å². The second-order valence-corrected chi connectivity index (χ2v) is 10.6. The number of carbonyl (C=O) groups excluding carboxylic acids is 1. The number of ether oxygens (including phenoxy) is 3. The first-order valence-corrected chi connectivity index (χ1v) is 14.6. The van der Waals surface area contributed by atoms with Crippen molar-refractivity contribution in [2.75, 3.05) is 13.2 Å². The number of nitrogens with zero attached hydrogens (tertiary/aromatic N) is 1. The van der Waals surface area contributed by atoms with Crippen LogP contribution in [-0.2, 0) is 11.4 Å². The highest BCUT2D eigenvalue weighted by Crippen LogP contribution is 2.38. The Balaban J connectivity index is 1.18. The predicted molar refractivity (Wildman–Crippen MR) is 164 cm³/mol. The van der Waals surface area contributed by atoms with E-state index in [1.807, 2.05) is 55.5 Å². The minimum Gasteiger partial charge on any atom is -0.490 e. The molecule has 7 heteroatoms. The van der Waals surface area contributed by atoms with E-state index in [1.165, 1.54) is 24.6 Å². The van der Waals surface area contributed by atoms with E-state index in [-0.39, 0.29) is 12.5 Å². The molecule has 0 heterocycles. The van der Waals surface area contributed by atoms with Gasteiger partial charge in [0, 0.05) is 5.02 Å². The van der Waals surface area contributed by atoms with Crippen molar-refractivity contribution in [2.45, 2.75) is 51.6 Å². The molecule has 5 rings (SSSR count). The van der Waals surface area contributed by atoms with Crippen LogP contribution in [-0.4, -0.2) is 25.3 Å². The van der Waals surface area contributed by atoms with Crippen molar-refractivity contribution >= 4 is 34.5 Å². The summed E-state index contributed by atoms with van der Waals surface area (Å²) in [7, 11) is 0. The number of hydrazone groups is 1. The highest BCUT2D eigenvalue weighted by Gasteiger charge is 2.20. The summed E-state index contributed by atoms with van der Waals surface area (Å²) in [4.78, 5) is 12.5. The van der Waals surface area contributed by atoms with Crippen LogP contribution in [0.2, 0.25) is 5.02 Å². The molecule has 0 bridgehead atoms. The molecule has 41 heavy (non-hydrogen) atoms. The van der Waals surface area contributed by atoms with Crippen LogP contribution in [0.4, 0.5) is 0 Å². The summed E-state index contributed by atoms with van der Waals surface area (Å²) in [5, 5.41) is 7.14. The number of fused-ring (bicyclic) bond motifs is 1. The molecular formula is C34H35ClN2O4. The maximum atomic E-state index is 12.5. The van der Waals surface area contributed by atoms with E-state index >= 15 is 0 Å². The molecule has 6 nitrogen and oxygen atoms in total. The molecule has 0 unspecified atom stereocenters. The SMILES string of the molecule is CCOc1cc(/C=N/NC(=O)COc2ccc(Cl)cc2C2CCCCC2)ccc1OCc1cccc2ccccc12. The average Bonchev–Trinajstić information content (AvgIpc) is 3.00. The van der Waals surface area contributed by atoms with Crippen molar-refractivity contribution in [2.24, 2.45) is 5.10 Å². The van der Waals surface area contributed by atoms with Gasteiger partial charge in [-0.15, -0.1) is 0 Å². The van der Waals surface area contributed by atoms with Gasteiger partial charge in [0.25, 0.3) is 5.91 Å². The van der Waals surface area contributed by atoms with Gasteiger partial charge < -0.3 is 14.2 Å². The van der Waals surface area contributed by atoms with Crippen molar-refractivity contribution < 1.29 is 19.0 Å². The number of amides is 1. The first kappa shape index (κ1) is 28.5. The molecule has 1 fully saturated rings. The lowest BCUT2D eigenvalue weighted by Crippen LogP contribution is -2.25. The van der Waals surface area contributed by atoms with E-state index in [4.69, 9.17) is 25.8 Å². The molecule has 1 aliphatic carbocycles. The Morgan fingerprint density at radius 3 is 2.56 bits per heavy atom. The van der Waals surface area contributed by atoms with E-state index < -0.39 is 0 Å². The minimum atomic E-state index is -0.342. The summed E-state index contributed by atoms with van der Waals surface area (Å²) in [5.41, 5.74) is 5.50. The van der Waals surface area contributed by atoms with E-state index in [1.54, 1.807) is 12.3 Å². The average molecular weight is 571 g/mol. The maximum absolute atomic E-state index is 12.5. The van der Waals surface area contributed by atoms with Gasteiger partial charge in [0.1, 0.15) is 12.4 Å². The Hall–Kier alpha value is -4.03. The lowest BCUT2D eigenvalue weighted by atomic mass is 9.84. The smallest absolute Gasteiger partial charge is 0.277 e. The fraction of sp³-hybridized carbons (Fsp3) is 0.294. The molecule has 0 spiro atoms. The predicted octanol–water partition coefficient (Wildman–Crippen LogP) is 8.05. The van der Waals surface area contributed by atoms with E-state index in [0.29, 0.717) is 41.4 Å². The van der Waals surface area contributed by atoms with Crippen LogP contribution in [0.25, 0.3) is 10.8 Å². The number of hydrogen-bond donors (Lipinski definition) is 1. The topological polar surface area (TPSA) is 69.2 Å². The number of rotatable bonds is 11. The number of halogens is 1. The molecule has 212 valence electrons. The summed E-state index contributed by atoms with van der Waals surface area (Å²) in [6.45, 7) is 2.70. The van der Waals surface area contributed by atoms with Gasteiger partial charge in [0.05, 0.1) is 12.8 Å². The van der Waals surface area contributed by atoms with E-state index in [9.17, 15) is 4.79 Å². The molecular weight excluding hydrogens is 536 g/mol. The Bertz CT molecular complexity index is 1510. The van der Waals surface area contributed by atoms with Crippen LogP contribution in [0.1, 0.15) is 61.6 Å². The lowest BCUT2D eigenvalue weighted by molar-refractivity contribution is -0.123. The second kappa shape index (κ2) is 14.0. The highest BCUT2D eigenvalue weighted by atomic mass is 35.5. The molecule has 1 amide bonds. The van der Waals surface area contributed by atoms with Crippen molar-refractivity contribution in [3.63, 3.8) is 0 Å². The quantitative estimate of drug-likeness (QED) is 0.146. The first-order valence-electron chi connectivity index (χ1n) is 14.2. The number of carbonyl (C=O) groups is 1. The van der Waals surface area contributed by atoms with E-state index in [0.717, 1.165) is 34.9 Å². The highest BCUT2D eigenvalue weighted by molar-refractivity contribution is 6.30. The van der Waals surface area contributed by atoms with Crippen molar-refractivity contribution in [1.29, 1.82) is 0 Å². The van der Waals surface area contributed by atoms with Crippen molar-refractivity contribution in [1.82, 2.24) is 5.43 Å². The molecule has 1 N–H and O–H groups in total. The Labute approximate surface area is 246 Å². The van der Waals surface area contributed by atoms with Crippen LogP contribution >= 0.6 is 11.6 Å². The minimum absolute atomic E-state index is 0.135. The Morgan fingerprint density at radius 2 is 1.71 bits per heavy atom. The monoisotopic (exact) mass is 570 g/mol. The van der Waals surface area contributed by atoms with Crippen molar-refractivity contribution in [3.8, 4) is 17.2 Å². The summed E-state index contributed by atoms with van der Waals surface area (Å²) in [5.74, 6) is 2.04. The fourth-order valence-corrected chi connectivity index (χ4v) is 5.48. The lowest BCUT2D eigenvalue weighted by Gasteiger charge is -2.24. The van der Waals surface area contributed by atoms with Gasteiger partial charge in [-0.05, 0) is 89.5 Å². The van der Waals surface area contributed by atoms with Gasteiger partial charge in [0.2, 0.25) is 0 Å². The molecule has 0 atom stereocenters. The third-order valence-electron chi connectivity index (χ3n) is 7.31. The molecule has 0 aliphatic heterocycles. The van der Waals surface area contributed by atoms with Gasteiger partial charge >= 0.3 is 0 Å². The van der Waals surface area contributed by atoms with Crippen LogP contribution in [0.15, 0.2) is 84.0 Å². The Kier molecular flexibility index (Phi) is 9.76. The second-order valence-electron chi connectivity index (χ2n) is 10.2. The molecule has 4 aromatic rings. The summed E-state index contributed by atoms with van der Waals surface area (Å²) in [6.07, 6.45) is 7.47. The third-order valence-corrected chi connectivity index (χ3v) is 7.54. The van der Waals surface area contributed by atoms with Gasteiger partial charge in [-0.1, -0.05) is 73.3 Å². The number of benzene rings is 4. The molecule has 4 aromatic carbocycles. The zero-order valence-corrected chi connectivity index (χ0v) is 24.0. The summed E-state index contributed by atoms with van der Waals surface area (Å²) in [6, 6.07) is 25.6. The third kappa shape index (κ3) is 7.59. The van der Waals surface area contributed by atoms with Crippen molar-refractivity contribution in [3.05, 3.63) is 101 Å². The summed E-state index contributed by atoms with van der Waals surface area (Å²) < 4.78 is 17.9. The zero-order chi connectivity index (χ0) is 28.4. The molecule has 1 saturated carbocycles. The molecule has 0 aromatic heterocycles. The standard InChI is InChI=1S/C34H35ClN2O4/c1-2-39-33-19-24(15-17-32(33)40-22-27-13-8-12-25-11-6-7-14-29(25)27)21-36-37-34(38)23-41-31-18-16-28(35)20-30(31)26-9-4-3-5-10-26/h6-8,11-21,26H,2-5,9-10,22-23H2,1H3,(H,37,38)/b36-21+. The van der Waals surface area contributed by atoms with Crippen LogP contribution in [0.5, 0.6) is 17.2 Å². The maximum Gasteiger partial charge on any atom is 0.277 e. The fourth-order valence-electron chi connectivity index (χ4n) is 5.30. The number of hydrogen-bond acceptors (Lipinski definition) is 5. The van der Waals surface area contributed by atoms with Gasteiger partial charge in [0.15, 0.2) is 18.1 Å². The molecule has 0 radical (unpaired) electrons. The zero-order valence-electron chi connectivity index (χ0n) is 23.3. The molecule has 1 aliphatic rings. The van der Waals surface area contributed by atoms with Crippen LogP contribution in [0, 0.1) is 0 Å². The van der Waals surface area contributed by atoms with Gasteiger partial charge in [-0.25, -0.2) is 5.43 Å². The number of nitrogens with one attached hydrogen (secondary N) is 1. The normalized spacial score (nSPS) is 13.8. The Morgan fingerprint density at radius 1 is 0.902 bits per heavy atom. The summed E-state index contributed by atoms with van der Waals surface area (Å²) >= 11 is 6.26. The largest absolute Gasteiger partial charge is 0.490 e. The van der Waals surface area contributed by atoms with Gasteiger partial charge in [-0.3, -0.25) is 4.79 Å². The van der Waals surface area contributed by atoms with Gasteiger partial charge in [-0.2, -0.15) is 5.10 Å². The molecule has 0 saturated heterocycles. The first-order chi connectivity index (χ1) is 20.1. The van der Waals surface area contributed by atoms with Crippen LogP contribution < -0.4 is 19.6 Å².